The molecule has 0 atom stereocenters. The molecule has 0 aliphatic rings. The molecule has 0 bridgehead atoms. The second kappa shape index (κ2) is 8.92. The lowest BCUT2D eigenvalue weighted by Gasteiger charge is -2.08. The number of carbonyl (C=O) groups excluding carboxylic acids is 1. The number of aliphatic carboxylic acids is 1. The molecule has 110 valence electrons. The molecule has 0 spiro atoms. The molecule has 0 aliphatic carbocycles. The highest BCUT2D eigenvalue weighted by molar-refractivity contribution is 5.82. The number of amides is 1. The van der Waals surface area contributed by atoms with Gasteiger partial charge in [-0.25, -0.2) is 0 Å². The smallest absolute Gasteiger partial charge is 0.322 e. The SMILES string of the molecule is CCCOc1cccc(CNCC(=O)NCC(=O)O)c1. The highest BCUT2D eigenvalue weighted by atomic mass is 16.5. The third-order valence-corrected chi connectivity index (χ3v) is 2.42. The van der Waals surface area contributed by atoms with Gasteiger partial charge in [0.05, 0.1) is 13.2 Å². The molecule has 0 heterocycles. The number of rotatable bonds is 9. The second-order valence-electron chi connectivity index (χ2n) is 4.27. The number of nitrogens with one attached hydrogen (secondary N) is 2. The van der Waals surface area contributed by atoms with Gasteiger partial charge < -0.3 is 20.5 Å². The lowest BCUT2D eigenvalue weighted by molar-refractivity contribution is -0.137. The molecule has 0 unspecified atom stereocenters. The molecule has 20 heavy (non-hydrogen) atoms. The number of benzene rings is 1. The van der Waals surface area contributed by atoms with Crippen molar-refractivity contribution < 1.29 is 19.4 Å². The maximum absolute atomic E-state index is 11.3. The predicted octanol–water partition coefficient (Wildman–Crippen LogP) is 0.766. The van der Waals surface area contributed by atoms with Crippen LogP contribution < -0.4 is 15.4 Å². The van der Waals surface area contributed by atoms with Gasteiger partial charge in [-0.3, -0.25) is 9.59 Å². The van der Waals surface area contributed by atoms with E-state index >= 15 is 0 Å². The normalized spacial score (nSPS) is 10.1. The summed E-state index contributed by atoms with van der Waals surface area (Å²) in [5.41, 5.74) is 1.00. The number of hydrogen-bond donors (Lipinski definition) is 3. The molecule has 6 heteroatoms. The third-order valence-electron chi connectivity index (χ3n) is 2.42. The van der Waals surface area contributed by atoms with Gasteiger partial charge in [0.2, 0.25) is 5.91 Å². The predicted molar refractivity (Wildman–Crippen MR) is 74.6 cm³/mol. The van der Waals surface area contributed by atoms with Gasteiger partial charge in [0.1, 0.15) is 12.3 Å². The van der Waals surface area contributed by atoms with Crippen LogP contribution >= 0.6 is 0 Å². The zero-order chi connectivity index (χ0) is 14.8. The summed E-state index contributed by atoms with van der Waals surface area (Å²) in [5.74, 6) is -0.591. The lowest BCUT2D eigenvalue weighted by atomic mass is 10.2. The zero-order valence-electron chi connectivity index (χ0n) is 11.5. The van der Waals surface area contributed by atoms with Crippen molar-refractivity contribution >= 4 is 11.9 Å². The quantitative estimate of drug-likeness (QED) is 0.622. The topological polar surface area (TPSA) is 87.7 Å². The minimum Gasteiger partial charge on any atom is -0.494 e. The Morgan fingerprint density at radius 2 is 2.10 bits per heavy atom. The molecule has 1 aromatic carbocycles. The molecule has 0 fully saturated rings. The largest absolute Gasteiger partial charge is 0.494 e. The Kier molecular flexibility index (Phi) is 7.13. The summed E-state index contributed by atoms with van der Waals surface area (Å²) < 4.78 is 5.52. The molecule has 0 aromatic heterocycles. The fourth-order valence-electron chi connectivity index (χ4n) is 1.52. The molecular formula is C14H20N2O4. The Balaban J connectivity index is 2.30. The summed E-state index contributed by atoms with van der Waals surface area (Å²) in [6, 6.07) is 7.63. The Labute approximate surface area is 118 Å². The van der Waals surface area contributed by atoms with Crippen molar-refractivity contribution in [3.05, 3.63) is 29.8 Å². The second-order valence-corrected chi connectivity index (χ2v) is 4.27. The van der Waals surface area contributed by atoms with Crippen molar-refractivity contribution in [1.82, 2.24) is 10.6 Å². The molecule has 3 N–H and O–H groups in total. The van der Waals surface area contributed by atoms with Crippen LogP contribution in [-0.2, 0) is 16.1 Å². The fourth-order valence-corrected chi connectivity index (χ4v) is 1.52. The van der Waals surface area contributed by atoms with E-state index in [0.29, 0.717) is 13.2 Å². The third kappa shape index (κ3) is 6.75. The summed E-state index contributed by atoms with van der Waals surface area (Å²) in [5, 5.41) is 13.6. The van der Waals surface area contributed by atoms with Crippen LogP contribution in [0, 0.1) is 0 Å². The molecule has 1 rings (SSSR count). The van der Waals surface area contributed by atoms with Gasteiger partial charge in [-0.1, -0.05) is 19.1 Å². The summed E-state index contributed by atoms with van der Waals surface area (Å²) in [7, 11) is 0. The first-order valence-electron chi connectivity index (χ1n) is 6.52. The number of carboxylic acid groups (broad SMARTS) is 1. The first kappa shape index (κ1) is 16.0. The first-order valence-corrected chi connectivity index (χ1v) is 6.52. The number of ether oxygens (including phenoxy) is 1. The lowest BCUT2D eigenvalue weighted by Crippen LogP contribution is -2.36. The van der Waals surface area contributed by atoms with Crippen LogP contribution in [0.4, 0.5) is 0 Å². The van der Waals surface area contributed by atoms with Crippen LogP contribution in [0.15, 0.2) is 24.3 Å². The standard InChI is InChI=1S/C14H20N2O4/c1-2-6-20-12-5-3-4-11(7-12)8-15-9-13(17)16-10-14(18)19/h3-5,7,15H,2,6,8-10H2,1H3,(H,16,17)(H,18,19). The molecule has 1 amide bonds. The van der Waals surface area contributed by atoms with E-state index in [1.807, 2.05) is 31.2 Å². The maximum atomic E-state index is 11.3. The molecule has 1 aromatic rings. The molecule has 6 nitrogen and oxygen atoms in total. The van der Waals surface area contributed by atoms with Crippen molar-refractivity contribution in [1.29, 1.82) is 0 Å². The van der Waals surface area contributed by atoms with E-state index in [1.54, 1.807) is 0 Å². The van der Waals surface area contributed by atoms with Crippen LogP contribution in [0.3, 0.4) is 0 Å². The Bertz CT molecular complexity index is 449. The van der Waals surface area contributed by atoms with Gasteiger partial charge in [0, 0.05) is 6.54 Å². The minimum absolute atomic E-state index is 0.0767. The van der Waals surface area contributed by atoms with Gasteiger partial charge in [-0.05, 0) is 24.1 Å². The summed E-state index contributed by atoms with van der Waals surface area (Å²) in [6.45, 7) is 2.95. The molecule has 0 saturated heterocycles. The van der Waals surface area contributed by atoms with Gasteiger partial charge in [-0.15, -0.1) is 0 Å². The maximum Gasteiger partial charge on any atom is 0.322 e. The van der Waals surface area contributed by atoms with Crippen LogP contribution in [0.25, 0.3) is 0 Å². The van der Waals surface area contributed by atoms with Crippen molar-refractivity contribution in [3.8, 4) is 5.75 Å². The average molecular weight is 280 g/mol. The van der Waals surface area contributed by atoms with E-state index in [2.05, 4.69) is 10.6 Å². The molecule has 0 aliphatic heterocycles. The molecule has 0 saturated carbocycles. The first-order chi connectivity index (χ1) is 9.61. The van der Waals surface area contributed by atoms with E-state index < -0.39 is 5.97 Å². The van der Waals surface area contributed by atoms with E-state index in [9.17, 15) is 9.59 Å². The van der Waals surface area contributed by atoms with Crippen molar-refractivity contribution in [2.24, 2.45) is 0 Å². The summed E-state index contributed by atoms with van der Waals surface area (Å²) in [4.78, 5) is 21.6. The Hall–Kier alpha value is -2.08. The highest BCUT2D eigenvalue weighted by Gasteiger charge is 2.03. The van der Waals surface area contributed by atoms with Gasteiger partial charge in [0.25, 0.3) is 0 Å². The van der Waals surface area contributed by atoms with E-state index in [0.717, 1.165) is 17.7 Å². The molecule has 0 radical (unpaired) electrons. The van der Waals surface area contributed by atoms with Crippen molar-refractivity contribution in [2.45, 2.75) is 19.9 Å². The Morgan fingerprint density at radius 3 is 2.80 bits per heavy atom. The van der Waals surface area contributed by atoms with Gasteiger partial charge in [0.15, 0.2) is 0 Å². The number of carboxylic acids is 1. The van der Waals surface area contributed by atoms with Gasteiger partial charge in [-0.2, -0.15) is 0 Å². The van der Waals surface area contributed by atoms with E-state index in [-0.39, 0.29) is 19.0 Å². The van der Waals surface area contributed by atoms with Crippen LogP contribution in [0.5, 0.6) is 5.75 Å². The summed E-state index contributed by atoms with van der Waals surface area (Å²) in [6.07, 6.45) is 0.951. The van der Waals surface area contributed by atoms with E-state index in [4.69, 9.17) is 9.84 Å². The zero-order valence-corrected chi connectivity index (χ0v) is 11.5. The van der Waals surface area contributed by atoms with E-state index in [1.165, 1.54) is 0 Å². The number of hydrogen-bond acceptors (Lipinski definition) is 4. The van der Waals surface area contributed by atoms with Crippen LogP contribution in [-0.4, -0.2) is 36.7 Å². The highest BCUT2D eigenvalue weighted by Crippen LogP contribution is 2.13. The molecular weight excluding hydrogens is 260 g/mol. The fraction of sp³-hybridized carbons (Fsp3) is 0.429. The van der Waals surface area contributed by atoms with Gasteiger partial charge >= 0.3 is 5.97 Å². The van der Waals surface area contributed by atoms with Crippen molar-refractivity contribution in [2.75, 3.05) is 19.7 Å². The Morgan fingerprint density at radius 1 is 1.30 bits per heavy atom. The summed E-state index contributed by atoms with van der Waals surface area (Å²) >= 11 is 0. The average Bonchev–Trinajstić information content (AvgIpc) is 2.43. The van der Waals surface area contributed by atoms with Crippen molar-refractivity contribution in [3.63, 3.8) is 0 Å². The monoisotopic (exact) mass is 280 g/mol. The minimum atomic E-state index is -1.06. The van der Waals surface area contributed by atoms with Crippen LogP contribution in [0.1, 0.15) is 18.9 Å². The van der Waals surface area contributed by atoms with Crippen LogP contribution in [0.2, 0.25) is 0 Å². The number of carbonyl (C=O) groups is 2.